The molecular weight excluding hydrogens is 488 g/mol. The van der Waals surface area contributed by atoms with Gasteiger partial charge in [0.25, 0.3) is 0 Å². The first-order chi connectivity index (χ1) is 17.0. The van der Waals surface area contributed by atoms with Crippen molar-refractivity contribution >= 4 is 33.6 Å². The molecule has 0 bridgehead atoms. The number of rotatable bonds is 13. The van der Waals surface area contributed by atoms with Crippen molar-refractivity contribution in [2.75, 3.05) is 38.7 Å². The highest BCUT2D eigenvalue weighted by Gasteiger charge is 2.29. The highest BCUT2D eigenvalue weighted by atomic mass is 28.3. The van der Waals surface area contributed by atoms with E-state index < -0.39 is 16.1 Å². The van der Waals surface area contributed by atoms with E-state index in [1.807, 2.05) is 10.6 Å². The van der Waals surface area contributed by atoms with Crippen LogP contribution in [0.3, 0.4) is 0 Å². The van der Waals surface area contributed by atoms with Gasteiger partial charge >= 0.3 is 5.97 Å². The average Bonchev–Trinajstić information content (AvgIpc) is 3.29. The lowest BCUT2D eigenvalue weighted by molar-refractivity contribution is -0.146. The van der Waals surface area contributed by atoms with Gasteiger partial charge in [-0.2, -0.15) is 9.61 Å². The number of anilines is 1. The first-order valence-corrected chi connectivity index (χ1v) is 20.7. The molecule has 0 amide bonds. The summed E-state index contributed by atoms with van der Waals surface area (Å²) in [4.78, 5) is 19.1. The molecule has 0 aliphatic heterocycles. The summed E-state index contributed by atoms with van der Waals surface area (Å²) in [6.45, 7) is 16.6. The minimum atomic E-state index is -1.17. The van der Waals surface area contributed by atoms with Gasteiger partial charge in [0.1, 0.15) is 19.3 Å². The third-order valence-corrected chi connectivity index (χ3v) is 10.3. The van der Waals surface area contributed by atoms with Crippen molar-refractivity contribution in [3.05, 3.63) is 24.0 Å². The SMILES string of the molecule is COC(=O)[C@H]1CC[C@H](c2cc(N(COCC[Si](C)(C)C)COCC[Si](C)(C)C)n3nccc3n2)CC1. The van der Waals surface area contributed by atoms with Gasteiger partial charge < -0.3 is 19.1 Å². The van der Waals surface area contributed by atoms with Crippen LogP contribution in [0.2, 0.25) is 51.4 Å². The third kappa shape index (κ3) is 8.67. The van der Waals surface area contributed by atoms with Gasteiger partial charge in [-0.15, -0.1) is 0 Å². The van der Waals surface area contributed by atoms with Gasteiger partial charge in [0.2, 0.25) is 0 Å². The predicted molar refractivity (Wildman–Crippen MR) is 150 cm³/mol. The Hall–Kier alpha value is -1.76. The minimum Gasteiger partial charge on any atom is -0.469 e. The minimum absolute atomic E-state index is 0.000417. The van der Waals surface area contributed by atoms with Crippen LogP contribution in [0.1, 0.15) is 37.3 Å². The van der Waals surface area contributed by atoms with Gasteiger partial charge in [0, 0.05) is 53.1 Å². The molecule has 0 atom stereocenters. The van der Waals surface area contributed by atoms with E-state index in [1.54, 1.807) is 6.20 Å². The molecule has 0 aromatic carbocycles. The molecule has 1 aliphatic carbocycles. The third-order valence-electron chi connectivity index (χ3n) is 6.85. The number of hydrogen-bond acceptors (Lipinski definition) is 7. The van der Waals surface area contributed by atoms with Gasteiger partial charge in [-0.3, -0.25) is 4.79 Å². The predicted octanol–water partition coefficient (Wildman–Crippen LogP) is 5.61. The molecular formula is C26H46N4O4Si2. The lowest BCUT2D eigenvalue weighted by Crippen LogP contribution is -2.33. The highest BCUT2D eigenvalue weighted by molar-refractivity contribution is 6.76. The summed E-state index contributed by atoms with van der Waals surface area (Å²) in [6.07, 6.45) is 5.32. The molecule has 202 valence electrons. The fourth-order valence-corrected chi connectivity index (χ4v) is 5.93. The molecule has 0 radical (unpaired) electrons. The standard InChI is InChI=1S/C26H46N4O4Si2/c1-32-26(31)22-10-8-21(9-11-22)23-18-25(30-24(28-23)12-13-27-30)29(19-33-14-16-35(2,3)4)20-34-15-17-36(5,6)7/h12-13,18,21-22H,8-11,14-17,19-20H2,1-7H3/t21-,22-. The molecule has 2 heterocycles. The number of ether oxygens (including phenoxy) is 3. The average molecular weight is 535 g/mol. The number of carbonyl (C=O) groups excluding carboxylic acids is 1. The van der Waals surface area contributed by atoms with E-state index in [9.17, 15) is 4.79 Å². The maximum absolute atomic E-state index is 12.0. The maximum atomic E-state index is 12.0. The quantitative estimate of drug-likeness (QED) is 0.143. The summed E-state index contributed by atoms with van der Waals surface area (Å²) in [5, 5.41) is 4.56. The molecule has 36 heavy (non-hydrogen) atoms. The fourth-order valence-electron chi connectivity index (χ4n) is 4.42. The van der Waals surface area contributed by atoms with E-state index in [-0.39, 0.29) is 11.9 Å². The smallest absolute Gasteiger partial charge is 0.308 e. The Bertz CT molecular complexity index is 956. The Morgan fingerprint density at radius 3 is 2.11 bits per heavy atom. The molecule has 1 aliphatic rings. The topological polar surface area (TPSA) is 78.2 Å². The van der Waals surface area contributed by atoms with Gasteiger partial charge in [-0.05, 0) is 37.8 Å². The van der Waals surface area contributed by atoms with Crippen LogP contribution in [0, 0.1) is 5.92 Å². The molecule has 1 saturated carbocycles. The Morgan fingerprint density at radius 1 is 1.00 bits per heavy atom. The second-order valence-corrected chi connectivity index (χ2v) is 23.7. The van der Waals surface area contributed by atoms with E-state index in [0.717, 1.165) is 68.1 Å². The number of aromatic nitrogens is 3. The van der Waals surface area contributed by atoms with E-state index >= 15 is 0 Å². The lowest BCUT2D eigenvalue weighted by atomic mass is 9.80. The Labute approximate surface area is 218 Å². The highest BCUT2D eigenvalue weighted by Crippen LogP contribution is 2.36. The zero-order valence-electron chi connectivity index (χ0n) is 23.4. The summed E-state index contributed by atoms with van der Waals surface area (Å²) in [5.41, 5.74) is 1.88. The number of methoxy groups -OCH3 is 1. The van der Waals surface area contributed by atoms with Gasteiger partial charge in [-0.25, -0.2) is 4.98 Å². The number of fused-ring (bicyclic) bond motifs is 1. The van der Waals surface area contributed by atoms with E-state index in [2.05, 4.69) is 55.3 Å². The molecule has 8 nitrogen and oxygen atoms in total. The molecule has 0 spiro atoms. The van der Waals surface area contributed by atoms with Crippen LogP contribution in [0.5, 0.6) is 0 Å². The van der Waals surface area contributed by atoms with E-state index in [4.69, 9.17) is 19.2 Å². The van der Waals surface area contributed by atoms with Crippen LogP contribution in [-0.4, -0.2) is 70.5 Å². The molecule has 1 fully saturated rings. The van der Waals surface area contributed by atoms with Crippen LogP contribution >= 0.6 is 0 Å². The second-order valence-electron chi connectivity index (χ2n) is 12.4. The largest absolute Gasteiger partial charge is 0.469 e. The Balaban J connectivity index is 1.78. The molecule has 10 heteroatoms. The van der Waals surface area contributed by atoms with E-state index in [1.165, 1.54) is 7.11 Å². The number of hydrogen-bond donors (Lipinski definition) is 0. The number of nitrogens with zero attached hydrogens (tertiary/aromatic N) is 4. The molecule has 0 N–H and O–H groups in total. The van der Waals surface area contributed by atoms with Gasteiger partial charge in [-0.1, -0.05) is 39.3 Å². The van der Waals surface area contributed by atoms with Crippen molar-refractivity contribution in [1.82, 2.24) is 14.6 Å². The Kier molecular flexibility index (Phi) is 10.1. The summed E-state index contributed by atoms with van der Waals surface area (Å²) in [5.74, 6) is 1.16. The van der Waals surface area contributed by atoms with Crippen molar-refractivity contribution in [3.8, 4) is 0 Å². The van der Waals surface area contributed by atoms with Crippen molar-refractivity contribution in [3.63, 3.8) is 0 Å². The summed E-state index contributed by atoms with van der Waals surface area (Å²) < 4.78 is 19.2. The van der Waals surface area contributed by atoms with Crippen molar-refractivity contribution in [2.24, 2.45) is 5.92 Å². The van der Waals surface area contributed by atoms with Crippen LogP contribution < -0.4 is 4.90 Å². The molecule has 2 aromatic rings. The fraction of sp³-hybridized carbons (Fsp3) is 0.731. The summed E-state index contributed by atoms with van der Waals surface area (Å²) in [7, 11) is -0.871. The first kappa shape index (κ1) is 28.8. The van der Waals surface area contributed by atoms with Crippen LogP contribution in [0.15, 0.2) is 18.3 Å². The summed E-state index contributed by atoms with van der Waals surface area (Å²) >= 11 is 0. The lowest BCUT2D eigenvalue weighted by Gasteiger charge is -2.29. The summed E-state index contributed by atoms with van der Waals surface area (Å²) in [6, 6.07) is 6.34. The van der Waals surface area contributed by atoms with Crippen LogP contribution in [0.25, 0.3) is 5.65 Å². The van der Waals surface area contributed by atoms with Crippen LogP contribution in [-0.2, 0) is 19.0 Å². The molecule has 2 aromatic heterocycles. The van der Waals surface area contributed by atoms with Crippen molar-refractivity contribution in [2.45, 2.75) is 83.0 Å². The van der Waals surface area contributed by atoms with Crippen LogP contribution in [0.4, 0.5) is 5.82 Å². The first-order valence-electron chi connectivity index (χ1n) is 13.3. The zero-order chi connectivity index (χ0) is 26.3. The van der Waals surface area contributed by atoms with Gasteiger partial charge in [0.15, 0.2) is 5.65 Å². The van der Waals surface area contributed by atoms with Gasteiger partial charge in [0.05, 0.1) is 19.2 Å². The van der Waals surface area contributed by atoms with E-state index in [0.29, 0.717) is 19.4 Å². The number of esters is 1. The number of carbonyl (C=O) groups is 1. The Morgan fingerprint density at radius 2 is 1.58 bits per heavy atom. The maximum Gasteiger partial charge on any atom is 0.308 e. The molecule has 0 unspecified atom stereocenters. The normalized spacial score (nSPS) is 19.0. The van der Waals surface area contributed by atoms with Crippen molar-refractivity contribution < 1.29 is 19.0 Å². The monoisotopic (exact) mass is 534 g/mol. The molecule has 3 rings (SSSR count). The second kappa shape index (κ2) is 12.7. The van der Waals surface area contributed by atoms with Crippen molar-refractivity contribution in [1.29, 1.82) is 0 Å². The zero-order valence-corrected chi connectivity index (χ0v) is 25.4. The molecule has 0 saturated heterocycles.